The Labute approximate surface area is 114 Å². The zero-order valence-corrected chi connectivity index (χ0v) is 11.7. The molecule has 0 heterocycles. The minimum Gasteiger partial charge on any atom is -0.207 e. The van der Waals surface area contributed by atoms with Crippen LogP contribution in [0.3, 0.4) is 0 Å². The monoisotopic (exact) mass is 254 g/mol. The second kappa shape index (κ2) is 5.40. The van der Waals surface area contributed by atoms with Crippen LogP contribution in [0.4, 0.5) is 4.39 Å². The zero-order chi connectivity index (χ0) is 14.0. The highest BCUT2D eigenvalue weighted by Crippen LogP contribution is 2.30. The van der Waals surface area contributed by atoms with E-state index in [9.17, 15) is 4.39 Å². The second-order valence-corrected chi connectivity index (χ2v) is 5.24. The van der Waals surface area contributed by atoms with Gasteiger partial charge in [-0.3, -0.25) is 0 Å². The van der Waals surface area contributed by atoms with Crippen LogP contribution in [0.5, 0.6) is 0 Å². The van der Waals surface area contributed by atoms with Gasteiger partial charge in [-0.1, -0.05) is 50.3 Å². The van der Waals surface area contributed by atoms with Crippen LogP contribution >= 0.6 is 0 Å². The molecule has 98 valence electrons. The Morgan fingerprint density at radius 1 is 1.00 bits per heavy atom. The van der Waals surface area contributed by atoms with E-state index >= 15 is 0 Å². The van der Waals surface area contributed by atoms with Crippen molar-refractivity contribution >= 4 is 5.57 Å². The predicted octanol–water partition coefficient (Wildman–Crippen LogP) is 5.65. The molecule has 0 bridgehead atoms. The van der Waals surface area contributed by atoms with Gasteiger partial charge in [-0.25, -0.2) is 4.39 Å². The first-order chi connectivity index (χ1) is 8.99. The average Bonchev–Trinajstić information content (AvgIpc) is 2.38. The topological polar surface area (TPSA) is 0 Å². The number of halogens is 1. The molecule has 0 fully saturated rings. The van der Waals surface area contributed by atoms with Gasteiger partial charge in [0.25, 0.3) is 0 Å². The van der Waals surface area contributed by atoms with Gasteiger partial charge < -0.3 is 0 Å². The SMILES string of the molecule is C=C(C)c1cc(-c2ccc(F)cc2)ccc1C(C)C. The molecule has 0 nitrogen and oxygen atoms in total. The summed E-state index contributed by atoms with van der Waals surface area (Å²) in [6, 6.07) is 13.0. The Bertz CT molecular complexity index is 592. The summed E-state index contributed by atoms with van der Waals surface area (Å²) >= 11 is 0. The van der Waals surface area contributed by atoms with E-state index in [1.165, 1.54) is 23.3 Å². The van der Waals surface area contributed by atoms with Gasteiger partial charge in [0, 0.05) is 0 Å². The molecule has 0 spiro atoms. The zero-order valence-electron chi connectivity index (χ0n) is 11.7. The molecule has 0 unspecified atom stereocenters. The number of hydrogen-bond acceptors (Lipinski definition) is 0. The fraction of sp³-hybridized carbons (Fsp3) is 0.222. The average molecular weight is 254 g/mol. The van der Waals surface area contributed by atoms with Gasteiger partial charge in [-0.05, 0) is 53.3 Å². The van der Waals surface area contributed by atoms with E-state index < -0.39 is 0 Å². The molecule has 0 saturated heterocycles. The molecule has 1 heteroatoms. The Morgan fingerprint density at radius 3 is 2.11 bits per heavy atom. The van der Waals surface area contributed by atoms with E-state index in [0.29, 0.717) is 5.92 Å². The molecule has 0 saturated carbocycles. The number of hydrogen-bond donors (Lipinski definition) is 0. The van der Waals surface area contributed by atoms with Gasteiger partial charge in [0.1, 0.15) is 5.82 Å². The minimum absolute atomic E-state index is 0.206. The predicted molar refractivity (Wildman–Crippen MR) is 80.6 cm³/mol. The summed E-state index contributed by atoms with van der Waals surface area (Å²) in [5.41, 5.74) is 5.68. The van der Waals surface area contributed by atoms with E-state index in [1.807, 2.05) is 19.1 Å². The van der Waals surface area contributed by atoms with Crippen LogP contribution < -0.4 is 0 Å². The number of allylic oxidation sites excluding steroid dienone is 1. The van der Waals surface area contributed by atoms with Crippen molar-refractivity contribution in [3.8, 4) is 11.1 Å². The summed E-state index contributed by atoms with van der Waals surface area (Å²) in [6.45, 7) is 10.4. The summed E-state index contributed by atoms with van der Waals surface area (Å²) in [4.78, 5) is 0. The van der Waals surface area contributed by atoms with Crippen molar-refractivity contribution in [1.82, 2.24) is 0 Å². The fourth-order valence-corrected chi connectivity index (χ4v) is 2.25. The molecule has 0 atom stereocenters. The van der Waals surface area contributed by atoms with Crippen molar-refractivity contribution in [2.24, 2.45) is 0 Å². The summed E-state index contributed by atoms with van der Waals surface area (Å²) in [5, 5.41) is 0. The third kappa shape index (κ3) is 2.93. The molecule has 0 aliphatic heterocycles. The normalized spacial score (nSPS) is 10.8. The Kier molecular flexibility index (Phi) is 3.84. The van der Waals surface area contributed by atoms with Crippen molar-refractivity contribution in [3.63, 3.8) is 0 Å². The van der Waals surface area contributed by atoms with E-state index in [0.717, 1.165) is 16.7 Å². The smallest absolute Gasteiger partial charge is 0.123 e. The molecule has 19 heavy (non-hydrogen) atoms. The second-order valence-electron chi connectivity index (χ2n) is 5.24. The molecule has 2 aromatic carbocycles. The molecule has 0 N–H and O–H groups in total. The van der Waals surface area contributed by atoms with Crippen LogP contribution in [0.1, 0.15) is 37.8 Å². The van der Waals surface area contributed by atoms with Crippen molar-refractivity contribution in [2.45, 2.75) is 26.7 Å². The Balaban J connectivity index is 2.52. The van der Waals surface area contributed by atoms with Crippen LogP contribution in [-0.4, -0.2) is 0 Å². The van der Waals surface area contributed by atoms with Crippen LogP contribution in [-0.2, 0) is 0 Å². The van der Waals surface area contributed by atoms with Gasteiger partial charge in [0.15, 0.2) is 0 Å². The molecule has 0 radical (unpaired) electrons. The number of benzene rings is 2. The van der Waals surface area contributed by atoms with E-state index in [2.05, 4.69) is 38.6 Å². The highest BCUT2D eigenvalue weighted by molar-refractivity contribution is 5.73. The molecule has 0 aromatic heterocycles. The van der Waals surface area contributed by atoms with Gasteiger partial charge in [-0.15, -0.1) is 0 Å². The highest BCUT2D eigenvalue weighted by atomic mass is 19.1. The highest BCUT2D eigenvalue weighted by Gasteiger charge is 2.09. The van der Waals surface area contributed by atoms with Crippen molar-refractivity contribution in [2.75, 3.05) is 0 Å². The summed E-state index contributed by atoms with van der Waals surface area (Å²) in [7, 11) is 0. The lowest BCUT2D eigenvalue weighted by molar-refractivity contribution is 0.628. The molecule has 0 aliphatic rings. The Hall–Kier alpha value is -1.89. The lowest BCUT2D eigenvalue weighted by Crippen LogP contribution is -1.95. The quantitative estimate of drug-likeness (QED) is 0.664. The van der Waals surface area contributed by atoms with Crippen LogP contribution in [0.2, 0.25) is 0 Å². The largest absolute Gasteiger partial charge is 0.207 e. The maximum absolute atomic E-state index is 13.0. The molecular weight excluding hydrogens is 235 g/mol. The molecule has 0 amide bonds. The van der Waals surface area contributed by atoms with Crippen molar-refractivity contribution in [1.29, 1.82) is 0 Å². The molecule has 2 rings (SSSR count). The maximum Gasteiger partial charge on any atom is 0.123 e. The summed E-state index contributed by atoms with van der Waals surface area (Å²) in [6.07, 6.45) is 0. The van der Waals surface area contributed by atoms with Crippen molar-refractivity contribution in [3.05, 3.63) is 66.0 Å². The summed E-state index contributed by atoms with van der Waals surface area (Å²) < 4.78 is 13.0. The number of rotatable bonds is 3. The van der Waals surface area contributed by atoms with Crippen molar-refractivity contribution < 1.29 is 4.39 Å². The van der Waals surface area contributed by atoms with Gasteiger partial charge in [0.2, 0.25) is 0 Å². The van der Waals surface area contributed by atoms with Crippen LogP contribution in [0.15, 0.2) is 49.0 Å². The lowest BCUT2D eigenvalue weighted by Gasteiger charge is -2.15. The summed E-state index contributed by atoms with van der Waals surface area (Å²) in [5.74, 6) is 0.261. The molecular formula is C18H19F. The van der Waals surface area contributed by atoms with Gasteiger partial charge in [-0.2, -0.15) is 0 Å². The van der Waals surface area contributed by atoms with Crippen LogP contribution in [0, 0.1) is 5.82 Å². The third-order valence-electron chi connectivity index (χ3n) is 3.31. The lowest BCUT2D eigenvalue weighted by atomic mass is 9.90. The molecule has 0 aliphatic carbocycles. The third-order valence-corrected chi connectivity index (χ3v) is 3.31. The first-order valence-electron chi connectivity index (χ1n) is 6.55. The molecule has 2 aromatic rings. The fourth-order valence-electron chi connectivity index (χ4n) is 2.25. The standard InChI is InChI=1S/C18H19F/c1-12(2)17-10-7-15(11-18(17)13(3)4)14-5-8-16(19)9-6-14/h5-12H,3H2,1-2,4H3. The van der Waals surface area contributed by atoms with Gasteiger partial charge in [0.05, 0.1) is 0 Å². The van der Waals surface area contributed by atoms with E-state index in [4.69, 9.17) is 0 Å². The first-order valence-corrected chi connectivity index (χ1v) is 6.55. The van der Waals surface area contributed by atoms with E-state index in [-0.39, 0.29) is 5.82 Å². The maximum atomic E-state index is 13.0. The van der Waals surface area contributed by atoms with Gasteiger partial charge >= 0.3 is 0 Å². The first kappa shape index (κ1) is 13.5. The minimum atomic E-state index is -0.206. The Morgan fingerprint density at radius 2 is 1.58 bits per heavy atom. The van der Waals surface area contributed by atoms with E-state index in [1.54, 1.807) is 0 Å². The van der Waals surface area contributed by atoms with Crippen LogP contribution in [0.25, 0.3) is 16.7 Å².